The zero-order valence-corrected chi connectivity index (χ0v) is 11.8. The van der Waals surface area contributed by atoms with Crippen molar-refractivity contribution in [1.82, 2.24) is 10.2 Å². The summed E-state index contributed by atoms with van der Waals surface area (Å²) in [5, 5.41) is 11.9. The third-order valence-electron chi connectivity index (χ3n) is 3.52. The summed E-state index contributed by atoms with van der Waals surface area (Å²) in [6.45, 7) is 6.33. The largest absolute Gasteiger partial charge is 0.481 e. The number of carbonyl (C=O) groups is 2. The molecule has 1 aliphatic rings. The van der Waals surface area contributed by atoms with Crippen molar-refractivity contribution in [2.24, 2.45) is 17.1 Å². The van der Waals surface area contributed by atoms with Crippen LogP contribution in [0.15, 0.2) is 0 Å². The normalized spacial score (nSPS) is 21.1. The summed E-state index contributed by atoms with van der Waals surface area (Å²) in [6, 6.07) is 0. The first-order chi connectivity index (χ1) is 8.86. The Labute approximate surface area is 114 Å². The summed E-state index contributed by atoms with van der Waals surface area (Å²) < 4.78 is 0. The first-order valence-corrected chi connectivity index (χ1v) is 6.80. The van der Waals surface area contributed by atoms with Crippen molar-refractivity contribution in [2.45, 2.75) is 26.7 Å². The van der Waals surface area contributed by atoms with Gasteiger partial charge in [0.05, 0.1) is 11.3 Å². The Balaban J connectivity index is 2.50. The summed E-state index contributed by atoms with van der Waals surface area (Å²) in [5.41, 5.74) is 4.58. The Bertz CT molecular complexity index is 331. The number of rotatable bonds is 6. The smallest absolute Gasteiger partial charge is 0.310 e. The van der Waals surface area contributed by atoms with E-state index >= 15 is 0 Å². The number of nitrogens with two attached hydrogens (primary N) is 1. The van der Waals surface area contributed by atoms with Crippen LogP contribution in [0.5, 0.6) is 0 Å². The number of carbonyl (C=O) groups excluding carboxylic acids is 1. The van der Waals surface area contributed by atoms with Crippen LogP contribution in [0.4, 0.5) is 0 Å². The topological polar surface area (TPSA) is 95.7 Å². The molecule has 6 heteroatoms. The number of nitrogens with one attached hydrogen (secondary N) is 1. The molecule has 0 aromatic rings. The van der Waals surface area contributed by atoms with Crippen LogP contribution in [0.25, 0.3) is 0 Å². The van der Waals surface area contributed by atoms with Crippen LogP contribution < -0.4 is 11.1 Å². The molecule has 1 fully saturated rings. The van der Waals surface area contributed by atoms with Gasteiger partial charge in [-0.25, -0.2) is 0 Å². The molecule has 110 valence electrons. The van der Waals surface area contributed by atoms with E-state index < -0.39 is 11.4 Å². The number of carboxylic acids is 1. The zero-order valence-electron chi connectivity index (χ0n) is 11.8. The number of hydrogen-bond acceptors (Lipinski definition) is 4. The molecule has 0 saturated carbocycles. The predicted molar refractivity (Wildman–Crippen MR) is 72.6 cm³/mol. The van der Waals surface area contributed by atoms with E-state index in [-0.39, 0.29) is 11.8 Å². The monoisotopic (exact) mass is 271 g/mol. The van der Waals surface area contributed by atoms with Gasteiger partial charge in [0.15, 0.2) is 0 Å². The summed E-state index contributed by atoms with van der Waals surface area (Å²) in [6.07, 6.45) is 1.79. The van der Waals surface area contributed by atoms with Crippen molar-refractivity contribution < 1.29 is 14.7 Å². The molecule has 6 nitrogen and oxygen atoms in total. The minimum Gasteiger partial charge on any atom is -0.481 e. The number of hydrogen-bond donors (Lipinski definition) is 3. The van der Waals surface area contributed by atoms with Gasteiger partial charge >= 0.3 is 5.97 Å². The predicted octanol–water partition coefficient (Wildman–Crippen LogP) is -0.116. The molecule has 1 atom stereocenters. The van der Waals surface area contributed by atoms with E-state index in [4.69, 9.17) is 10.8 Å². The summed E-state index contributed by atoms with van der Waals surface area (Å²) >= 11 is 0. The second-order valence-electron chi connectivity index (χ2n) is 5.84. The maximum Gasteiger partial charge on any atom is 0.310 e. The molecule has 0 aliphatic carbocycles. The second kappa shape index (κ2) is 6.86. The molecule has 1 rings (SSSR count). The highest BCUT2D eigenvalue weighted by Gasteiger charge is 2.33. The van der Waals surface area contributed by atoms with Crippen LogP contribution in [0, 0.1) is 11.3 Å². The number of nitrogens with zero attached hydrogens (tertiary/aromatic N) is 1. The van der Waals surface area contributed by atoms with Gasteiger partial charge in [0.1, 0.15) is 0 Å². The van der Waals surface area contributed by atoms with Crippen molar-refractivity contribution in [2.75, 3.05) is 32.7 Å². The molecular formula is C13H25N3O3. The molecule has 0 aromatic carbocycles. The molecule has 0 bridgehead atoms. The van der Waals surface area contributed by atoms with Crippen LogP contribution in [-0.4, -0.2) is 54.6 Å². The fourth-order valence-electron chi connectivity index (χ4n) is 2.38. The van der Waals surface area contributed by atoms with E-state index in [1.54, 1.807) is 13.8 Å². The molecule has 1 amide bonds. The van der Waals surface area contributed by atoms with E-state index in [9.17, 15) is 9.59 Å². The lowest BCUT2D eigenvalue weighted by molar-refractivity contribution is -0.148. The van der Waals surface area contributed by atoms with E-state index in [2.05, 4.69) is 10.2 Å². The number of amides is 1. The van der Waals surface area contributed by atoms with E-state index in [0.29, 0.717) is 26.2 Å². The molecule has 0 radical (unpaired) electrons. The first kappa shape index (κ1) is 15.9. The third kappa shape index (κ3) is 4.80. The molecular weight excluding hydrogens is 246 g/mol. The van der Waals surface area contributed by atoms with E-state index in [1.165, 1.54) is 0 Å². The molecule has 1 saturated heterocycles. The van der Waals surface area contributed by atoms with Crippen molar-refractivity contribution in [3.8, 4) is 0 Å². The molecule has 4 N–H and O–H groups in total. The Hall–Kier alpha value is -1.14. The van der Waals surface area contributed by atoms with Crippen molar-refractivity contribution in [3.63, 3.8) is 0 Å². The summed E-state index contributed by atoms with van der Waals surface area (Å²) in [4.78, 5) is 25.1. The van der Waals surface area contributed by atoms with Crippen LogP contribution in [0.1, 0.15) is 26.7 Å². The highest BCUT2D eigenvalue weighted by atomic mass is 16.4. The van der Waals surface area contributed by atoms with Gasteiger partial charge in [-0.3, -0.25) is 9.59 Å². The fraction of sp³-hybridized carbons (Fsp3) is 0.846. The Morgan fingerprint density at radius 3 is 2.74 bits per heavy atom. The number of carboxylic acid groups (broad SMARTS) is 1. The second-order valence-corrected chi connectivity index (χ2v) is 5.84. The Morgan fingerprint density at radius 2 is 2.16 bits per heavy atom. The Kier molecular flexibility index (Phi) is 5.75. The molecule has 0 spiro atoms. The van der Waals surface area contributed by atoms with Crippen molar-refractivity contribution in [3.05, 3.63) is 0 Å². The quantitative estimate of drug-likeness (QED) is 0.626. The minimum atomic E-state index is -0.804. The maximum atomic E-state index is 11.9. The average molecular weight is 271 g/mol. The van der Waals surface area contributed by atoms with Crippen LogP contribution in [0.3, 0.4) is 0 Å². The van der Waals surface area contributed by atoms with Gasteiger partial charge in [-0.2, -0.15) is 0 Å². The van der Waals surface area contributed by atoms with Crippen molar-refractivity contribution in [1.29, 1.82) is 0 Å². The number of aliphatic carboxylic acids is 1. The van der Waals surface area contributed by atoms with Gasteiger partial charge in [0, 0.05) is 26.2 Å². The van der Waals surface area contributed by atoms with Gasteiger partial charge in [-0.1, -0.05) is 0 Å². The molecule has 1 unspecified atom stereocenters. The molecule has 0 aromatic heterocycles. The van der Waals surface area contributed by atoms with Gasteiger partial charge in [-0.15, -0.1) is 0 Å². The average Bonchev–Trinajstić information content (AvgIpc) is 2.35. The summed E-state index contributed by atoms with van der Waals surface area (Å²) in [5.74, 6) is -0.824. The summed E-state index contributed by atoms with van der Waals surface area (Å²) in [7, 11) is 0. The van der Waals surface area contributed by atoms with Gasteiger partial charge in [0.25, 0.3) is 0 Å². The van der Waals surface area contributed by atoms with Crippen LogP contribution >= 0.6 is 0 Å². The van der Waals surface area contributed by atoms with Crippen molar-refractivity contribution >= 4 is 11.9 Å². The lowest BCUT2D eigenvalue weighted by Crippen LogP contribution is -2.48. The van der Waals surface area contributed by atoms with Crippen LogP contribution in [0.2, 0.25) is 0 Å². The molecule has 1 aliphatic heterocycles. The zero-order chi connectivity index (χ0) is 14.5. The fourth-order valence-corrected chi connectivity index (χ4v) is 2.38. The first-order valence-electron chi connectivity index (χ1n) is 6.80. The molecule has 19 heavy (non-hydrogen) atoms. The standard InChI is InChI=1S/C13H25N3O3/c1-13(2,12(18)19)9-16-7-3-4-10(8-16)11(17)15-6-5-14/h10H,3-9,14H2,1-2H3,(H,15,17)(H,18,19). The number of likely N-dealkylation sites (tertiary alicyclic amines) is 1. The highest BCUT2D eigenvalue weighted by Crippen LogP contribution is 2.22. The van der Waals surface area contributed by atoms with Gasteiger partial charge < -0.3 is 21.1 Å². The number of piperidine rings is 1. The lowest BCUT2D eigenvalue weighted by atomic mass is 9.90. The van der Waals surface area contributed by atoms with E-state index in [1.807, 2.05) is 0 Å². The van der Waals surface area contributed by atoms with Crippen LogP contribution in [-0.2, 0) is 9.59 Å². The molecule has 1 heterocycles. The SMILES string of the molecule is CC(C)(CN1CCCC(C(=O)NCCN)C1)C(=O)O. The van der Waals surface area contributed by atoms with Gasteiger partial charge in [-0.05, 0) is 33.2 Å². The minimum absolute atomic E-state index is 0.0308. The lowest BCUT2D eigenvalue weighted by Gasteiger charge is -2.35. The van der Waals surface area contributed by atoms with Gasteiger partial charge in [0.2, 0.25) is 5.91 Å². The maximum absolute atomic E-state index is 11.9. The van der Waals surface area contributed by atoms with E-state index in [0.717, 1.165) is 19.4 Å². The highest BCUT2D eigenvalue weighted by molar-refractivity contribution is 5.79. The third-order valence-corrected chi connectivity index (χ3v) is 3.52. The Morgan fingerprint density at radius 1 is 1.47 bits per heavy atom.